The second-order valence-electron chi connectivity index (χ2n) is 5.71. The largest absolute Gasteiger partial charge is 0.379 e. The maximum absolute atomic E-state index is 5.92. The predicted octanol–water partition coefficient (Wildman–Crippen LogP) is 3.15. The Kier molecular flexibility index (Phi) is 6.05. The molecule has 20 heavy (non-hydrogen) atoms. The van der Waals surface area contributed by atoms with Gasteiger partial charge in [0, 0.05) is 19.9 Å². The molecule has 0 bridgehead atoms. The normalized spacial score (nSPS) is 19.9. The molecule has 2 unspecified atom stereocenters. The molecule has 0 amide bonds. The van der Waals surface area contributed by atoms with Gasteiger partial charge in [0.2, 0.25) is 0 Å². The number of nitrogens with one attached hydrogen (secondary N) is 1. The summed E-state index contributed by atoms with van der Waals surface area (Å²) in [5.41, 5.74) is 1.26. The van der Waals surface area contributed by atoms with E-state index in [1.807, 2.05) is 13.3 Å². The molecule has 2 atom stereocenters. The summed E-state index contributed by atoms with van der Waals surface area (Å²) in [5.74, 6) is 0.665. The third kappa shape index (κ3) is 3.41. The molecule has 1 aromatic heterocycles. The summed E-state index contributed by atoms with van der Waals surface area (Å²) in [6.07, 6.45) is 8.80. The molecular weight excluding hydrogens is 250 g/mol. The summed E-state index contributed by atoms with van der Waals surface area (Å²) < 4.78 is 8.01. The number of rotatable bonds is 7. The van der Waals surface area contributed by atoms with E-state index in [1.54, 1.807) is 0 Å². The third-order valence-corrected chi connectivity index (χ3v) is 4.51. The van der Waals surface area contributed by atoms with Crippen molar-refractivity contribution in [3.63, 3.8) is 0 Å². The van der Waals surface area contributed by atoms with Gasteiger partial charge < -0.3 is 10.1 Å². The first kappa shape index (κ1) is 15.5. The third-order valence-electron chi connectivity index (χ3n) is 4.51. The Balaban J connectivity index is 2.20. The first-order chi connectivity index (χ1) is 9.81. The summed E-state index contributed by atoms with van der Waals surface area (Å²) in [6.45, 7) is 6.16. The molecule has 2 rings (SSSR count). The van der Waals surface area contributed by atoms with Gasteiger partial charge in [0.1, 0.15) is 0 Å². The number of nitrogens with zero attached hydrogens (tertiary/aromatic N) is 2. The average Bonchev–Trinajstić information content (AvgIpc) is 2.96. The zero-order valence-electron chi connectivity index (χ0n) is 13.1. The average molecular weight is 279 g/mol. The highest BCUT2D eigenvalue weighted by Crippen LogP contribution is 2.34. The number of ether oxygens (including phenoxy) is 1. The second kappa shape index (κ2) is 7.79. The minimum absolute atomic E-state index is 0.246. The SMILES string of the molecule is CCNC(c1ccnn1CC)C(OC)C1CCCCC1. The number of aryl methyl sites for hydroxylation is 1. The Hall–Kier alpha value is -0.870. The van der Waals surface area contributed by atoms with E-state index < -0.39 is 0 Å². The van der Waals surface area contributed by atoms with Gasteiger partial charge in [-0.3, -0.25) is 4.68 Å². The van der Waals surface area contributed by atoms with Gasteiger partial charge in [-0.25, -0.2) is 0 Å². The van der Waals surface area contributed by atoms with Crippen molar-refractivity contribution in [1.82, 2.24) is 15.1 Å². The summed E-state index contributed by atoms with van der Waals surface area (Å²) in [6, 6.07) is 2.38. The lowest BCUT2D eigenvalue weighted by atomic mass is 9.81. The van der Waals surface area contributed by atoms with Gasteiger partial charge in [-0.1, -0.05) is 26.2 Å². The van der Waals surface area contributed by atoms with Crippen molar-refractivity contribution in [2.24, 2.45) is 5.92 Å². The maximum atomic E-state index is 5.92. The fourth-order valence-electron chi connectivity index (χ4n) is 3.54. The molecule has 1 saturated carbocycles. The quantitative estimate of drug-likeness (QED) is 0.833. The van der Waals surface area contributed by atoms with Crippen molar-refractivity contribution in [1.29, 1.82) is 0 Å². The van der Waals surface area contributed by atoms with Crippen molar-refractivity contribution >= 4 is 0 Å². The first-order valence-electron chi connectivity index (χ1n) is 8.09. The number of likely N-dealkylation sites (N-methyl/N-ethyl adjacent to an activating group) is 1. The monoisotopic (exact) mass is 279 g/mol. The van der Waals surface area contributed by atoms with Crippen LogP contribution < -0.4 is 5.32 Å². The summed E-state index contributed by atoms with van der Waals surface area (Å²) >= 11 is 0. The zero-order chi connectivity index (χ0) is 14.4. The van der Waals surface area contributed by atoms with Crippen molar-refractivity contribution < 1.29 is 4.74 Å². The lowest BCUT2D eigenvalue weighted by molar-refractivity contribution is 0.00579. The molecule has 1 heterocycles. The lowest BCUT2D eigenvalue weighted by Crippen LogP contribution is -2.40. The fraction of sp³-hybridized carbons (Fsp3) is 0.812. The fourth-order valence-corrected chi connectivity index (χ4v) is 3.54. The molecule has 1 N–H and O–H groups in total. The molecule has 0 saturated heterocycles. The highest BCUT2D eigenvalue weighted by Gasteiger charge is 2.32. The van der Waals surface area contributed by atoms with E-state index in [1.165, 1.54) is 37.8 Å². The molecule has 4 heteroatoms. The minimum Gasteiger partial charge on any atom is -0.379 e. The molecule has 0 aromatic carbocycles. The summed E-state index contributed by atoms with van der Waals surface area (Å²) in [5, 5.41) is 8.04. The van der Waals surface area contributed by atoms with E-state index >= 15 is 0 Å². The van der Waals surface area contributed by atoms with Crippen molar-refractivity contribution in [3.05, 3.63) is 18.0 Å². The molecule has 1 fully saturated rings. The molecule has 114 valence electrons. The molecule has 0 aliphatic heterocycles. The zero-order valence-corrected chi connectivity index (χ0v) is 13.1. The van der Waals surface area contributed by atoms with Crippen LogP contribution in [0.5, 0.6) is 0 Å². The second-order valence-corrected chi connectivity index (χ2v) is 5.71. The van der Waals surface area contributed by atoms with E-state index in [2.05, 4.69) is 35.0 Å². The van der Waals surface area contributed by atoms with Gasteiger partial charge in [0.25, 0.3) is 0 Å². The Morgan fingerprint density at radius 3 is 2.70 bits per heavy atom. The van der Waals surface area contributed by atoms with Crippen molar-refractivity contribution in [2.75, 3.05) is 13.7 Å². The van der Waals surface area contributed by atoms with Crippen LogP contribution in [0.2, 0.25) is 0 Å². The van der Waals surface area contributed by atoms with Gasteiger partial charge in [-0.15, -0.1) is 0 Å². The predicted molar refractivity (Wildman–Crippen MR) is 81.7 cm³/mol. The number of methoxy groups -OCH3 is 1. The van der Waals surface area contributed by atoms with Crippen LogP contribution in [0.3, 0.4) is 0 Å². The molecule has 0 spiro atoms. The molecule has 4 nitrogen and oxygen atoms in total. The van der Waals surface area contributed by atoms with Crippen LogP contribution in [0.1, 0.15) is 57.7 Å². The number of aromatic nitrogens is 2. The standard InChI is InChI=1S/C16H29N3O/c1-4-17-15(14-11-12-18-19(14)5-2)16(20-3)13-9-7-6-8-10-13/h11-13,15-17H,4-10H2,1-3H3. The highest BCUT2D eigenvalue weighted by molar-refractivity contribution is 5.10. The van der Waals surface area contributed by atoms with Gasteiger partial charge >= 0.3 is 0 Å². The number of hydrogen-bond acceptors (Lipinski definition) is 3. The Morgan fingerprint density at radius 2 is 2.10 bits per heavy atom. The van der Waals surface area contributed by atoms with Crippen LogP contribution in [0.15, 0.2) is 12.3 Å². The van der Waals surface area contributed by atoms with Crippen LogP contribution in [0.4, 0.5) is 0 Å². The van der Waals surface area contributed by atoms with Crippen LogP contribution >= 0.6 is 0 Å². The Labute approximate surface area is 122 Å². The first-order valence-corrected chi connectivity index (χ1v) is 8.09. The van der Waals surface area contributed by atoms with E-state index in [0.29, 0.717) is 5.92 Å². The number of hydrogen-bond donors (Lipinski definition) is 1. The van der Waals surface area contributed by atoms with Crippen LogP contribution in [-0.2, 0) is 11.3 Å². The summed E-state index contributed by atoms with van der Waals surface area (Å²) in [4.78, 5) is 0. The van der Waals surface area contributed by atoms with E-state index in [9.17, 15) is 0 Å². The van der Waals surface area contributed by atoms with Crippen LogP contribution in [0.25, 0.3) is 0 Å². The Morgan fingerprint density at radius 1 is 1.35 bits per heavy atom. The van der Waals surface area contributed by atoms with Crippen molar-refractivity contribution in [2.45, 2.75) is 64.6 Å². The van der Waals surface area contributed by atoms with Crippen LogP contribution in [0, 0.1) is 5.92 Å². The molecular formula is C16H29N3O. The van der Waals surface area contributed by atoms with Gasteiger partial charge in [-0.05, 0) is 38.3 Å². The molecule has 0 radical (unpaired) electrons. The maximum Gasteiger partial charge on any atom is 0.0809 e. The van der Waals surface area contributed by atoms with Crippen molar-refractivity contribution in [3.8, 4) is 0 Å². The van der Waals surface area contributed by atoms with E-state index in [4.69, 9.17) is 4.74 Å². The molecule has 1 aliphatic carbocycles. The highest BCUT2D eigenvalue weighted by atomic mass is 16.5. The van der Waals surface area contributed by atoms with Crippen LogP contribution in [-0.4, -0.2) is 29.5 Å². The topological polar surface area (TPSA) is 39.1 Å². The lowest BCUT2D eigenvalue weighted by Gasteiger charge is -2.35. The van der Waals surface area contributed by atoms with E-state index in [0.717, 1.165) is 13.1 Å². The molecule has 1 aromatic rings. The molecule has 1 aliphatic rings. The van der Waals surface area contributed by atoms with E-state index in [-0.39, 0.29) is 12.1 Å². The van der Waals surface area contributed by atoms with Gasteiger partial charge in [0.05, 0.1) is 17.8 Å². The van der Waals surface area contributed by atoms with Gasteiger partial charge in [0.15, 0.2) is 0 Å². The summed E-state index contributed by atoms with van der Waals surface area (Å²) in [7, 11) is 1.86. The van der Waals surface area contributed by atoms with Gasteiger partial charge in [-0.2, -0.15) is 5.10 Å². The Bertz CT molecular complexity index is 385. The minimum atomic E-state index is 0.246. The smallest absolute Gasteiger partial charge is 0.0809 e.